The van der Waals surface area contributed by atoms with E-state index < -0.39 is 0 Å². The van der Waals surface area contributed by atoms with Crippen molar-refractivity contribution in [2.45, 2.75) is 25.8 Å². The normalized spacial score (nSPS) is 32.3. The van der Waals surface area contributed by atoms with Crippen molar-refractivity contribution in [3.8, 4) is 0 Å². The van der Waals surface area contributed by atoms with Crippen LogP contribution >= 0.6 is 0 Å². The highest BCUT2D eigenvalue weighted by atomic mass is 16.5. The highest BCUT2D eigenvalue weighted by molar-refractivity contribution is 4.91. The molecule has 76 valence electrons. The van der Waals surface area contributed by atoms with Crippen molar-refractivity contribution in [2.24, 2.45) is 11.1 Å². The highest BCUT2D eigenvalue weighted by Crippen LogP contribution is 2.31. The van der Waals surface area contributed by atoms with Crippen molar-refractivity contribution in [3.63, 3.8) is 0 Å². The molecule has 3 heteroatoms. The molecule has 0 amide bonds. The van der Waals surface area contributed by atoms with E-state index in [9.17, 15) is 0 Å². The Hall–Kier alpha value is -0.120. The summed E-state index contributed by atoms with van der Waals surface area (Å²) < 4.78 is 5.25. The molecule has 0 saturated carbocycles. The Morgan fingerprint density at radius 2 is 2.31 bits per heavy atom. The van der Waals surface area contributed by atoms with Gasteiger partial charge in [0.05, 0.1) is 13.2 Å². The Bertz CT molecular complexity index is 180. The van der Waals surface area contributed by atoms with Crippen LogP contribution in [0.4, 0.5) is 0 Å². The molecule has 0 aromatic carbocycles. The molecule has 13 heavy (non-hydrogen) atoms. The van der Waals surface area contributed by atoms with Crippen LogP contribution in [0.2, 0.25) is 0 Å². The Morgan fingerprint density at radius 3 is 2.69 bits per heavy atom. The van der Waals surface area contributed by atoms with E-state index in [0.29, 0.717) is 5.41 Å². The number of hydrogen-bond donors (Lipinski definition) is 1. The van der Waals surface area contributed by atoms with Crippen molar-refractivity contribution in [1.82, 2.24) is 4.90 Å². The largest absolute Gasteiger partial charge is 0.380 e. The number of hydrogen-bond acceptors (Lipinski definition) is 3. The van der Waals surface area contributed by atoms with E-state index in [2.05, 4.69) is 11.8 Å². The Labute approximate surface area is 80.2 Å². The number of ether oxygens (including phenoxy) is 1. The number of nitrogens with two attached hydrogens (primary N) is 1. The van der Waals surface area contributed by atoms with Gasteiger partial charge in [0.25, 0.3) is 0 Å². The van der Waals surface area contributed by atoms with Crippen LogP contribution in [0.3, 0.4) is 0 Å². The number of nitrogens with zero attached hydrogens (tertiary/aromatic N) is 1. The first-order chi connectivity index (χ1) is 6.23. The molecule has 3 nitrogen and oxygen atoms in total. The minimum absolute atomic E-state index is 0.438. The summed E-state index contributed by atoms with van der Waals surface area (Å²) in [5.41, 5.74) is 6.00. The van der Waals surface area contributed by atoms with Gasteiger partial charge in [-0.15, -0.1) is 0 Å². The molecule has 2 fully saturated rings. The van der Waals surface area contributed by atoms with Crippen molar-refractivity contribution < 1.29 is 4.74 Å². The first-order valence-electron chi connectivity index (χ1n) is 5.25. The molecule has 2 aliphatic heterocycles. The molecule has 2 rings (SSSR count). The molecule has 1 atom stereocenters. The summed E-state index contributed by atoms with van der Waals surface area (Å²) in [4.78, 5) is 2.56. The second-order valence-electron chi connectivity index (χ2n) is 4.79. The van der Waals surface area contributed by atoms with E-state index >= 15 is 0 Å². The topological polar surface area (TPSA) is 38.5 Å². The Morgan fingerprint density at radius 1 is 1.54 bits per heavy atom. The van der Waals surface area contributed by atoms with Gasteiger partial charge in [-0.25, -0.2) is 0 Å². The molecule has 0 aromatic rings. The lowest BCUT2D eigenvalue weighted by Crippen LogP contribution is -2.57. The molecule has 1 unspecified atom stereocenters. The maximum atomic E-state index is 5.56. The molecule has 0 aliphatic carbocycles. The van der Waals surface area contributed by atoms with E-state index in [1.54, 1.807) is 0 Å². The van der Waals surface area contributed by atoms with E-state index in [4.69, 9.17) is 10.5 Å². The molecule has 0 radical (unpaired) electrons. The van der Waals surface area contributed by atoms with Crippen LogP contribution in [0, 0.1) is 5.41 Å². The van der Waals surface area contributed by atoms with Crippen LogP contribution in [-0.4, -0.2) is 43.8 Å². The summed E-state index contributed by atoms with van der Waals surface area (Å²) in [7, 11) is 0. The number of rotatable bonds is 4. The Balaban J connectivity index is 1.75. The van der Waals surface area contributed by atoms with Gasteiger partial charge in [0.2, 0.25) is 0 Å². The van der Waals surface area contributed by atoms with Crippen molar-refractivity contribution in [2.75, 3.05) is 32.8 Å². The minimum atomic E-state index is 0.438. The molecule has 2 saturated heterocycles. The van der Waals surface area contributed by atoms with Gasteiger partial charge in [-0.3, -0.25) is 4.90 Å². The maximum Gasteiger partial charge on any atom is 0.0554 e. The zero-order valence-electron chi connectivity index (χ0n) is 8.46. The summed E-state index contributed by atoms with van der Waals surface area (Å²) in [5, 5.41) is 0. The van der Waals surface area contributed by atoms with Crippen molar-refractivity contribution >= 4 is 0 Å². The Kier molecular flexibility index (Phi) is 2.58. The zero-order valence-corrected chi connectivity index (χ0v) is 8.46. The first kappa shape index (κ1) is 9.44. The van der Waals surface area contributed by atoms with Gasteiger partial charge in [0.15, 0.2) is 0 Å². The van der Waals surface area contributed by atoms with Crippen LogP contribution in [-0.2, 0) is 4.74 Å². The highest BCUT2D eigenvalue weighted by Gasteiger charge is 2.39. The molecule has 2 heterocycles. The second-order valence-corrected chi connectivity index (χ2v) is 4.79. The van der Waals surface area contributed by atoms with Crippen LogP contribution < -0.4 is 5.73 Å². The van der Waals surface area contributed by atoms with Gasteiger partial charge in [0.1, 0.15) is 0 Å². The SMILES string of the molecule is CC1(CN2CCC2CCN)COC1. The van der Waals surface area contributed by atoms with Crippen LogP contribution in [0.15, 0.2) is 0 Å². The summed E-state index contributed by atoms with van der Waals surface area (Å²) >= 11 is 0. The smallest absolute Gasteiger partial charge is 0.0554 e. The first-order valence-corrected chi connectivity index (χ1v) is 5.25. The zero-order chi connectivity index (χ0) is 9.31. The fraction of sp³-hybridized carbons (Fsp3) is 1.00. The molecule has 0 bridgehead atoms. The second kappa shape index (κ2) is 3.56. The third kappa shape index (κ3) is 1.87. The fourth-order valence-corrected chi connectivity index (χ4v) is 2.25. The average molecular weight is 184 g/mol. The van der Waals surface area contributed by atoms with Gasteiger partial charge in [0, 0.05) is 18.0 Å². The minimum Gasteiger partial charge on any atom is -0.380 e. The summed E-state index contributed by atoms with van der Waals surface area (Å²) in [5.74, 6) is 0. The molecule has 0 spiro atoms. The molecule has 2 aliphatic rings. The molecule has 2 N–H and O–H groups in total. The third-order valence-electron chi connectivity index (χ3n) is 3.25. The standard InChI is InChI=1S/C10H20N2O/c1-10(7-13-8-10)6-12-5-3-9(12)2-4-11/h9H,2-8,11H2,1H3. The van der Waals surface area contributed by atoms with E-state index in [1.165, 1.54) is 19.5 Å². The lowest BCUT2D eigenvalue weighted by molar-refractivity contribution is -0.129. The van der Waals surface area contributed by atoms with Gasteiger partial charge in [-0.05, 0) is 25.9 Å². The van der Waals surface area contributed by atoms with Gasteiger partial charge >= 0.3 is 0 Å². The quantitative estimate of drug-likeness (QED) is 0.689. The third-order valence-corrected chi connectivity index (χ3v) is 3.25. The summed E-state index contributed by atoms with van der Waals surface area (Å²) in [6.45, 7) is 7.50. The number of likely N-dealkylation sites (tertiary alicyclic amines) is 1. The maximum absolute atomic E-state index is 5.56. The lowest BCUT2D eigenvalue weighted by Gasteiger charge is -2.49. The van der Waals surface area contributed by atoms with Crippen molar-refractivity contribution in [1.29, 1.82) is 0 Å². The average Bonchev–Trinajstić information content (AvgIpc) is 2.05. The van der Waals surface area contributed by atoms with E-state index in [0.717, 1.165) is 32.2 Å². The predicted octanol–water partition coefficient (Wildman–Crippen LogP) is 0.446. The molecule has 0 aromatic heterocycles. The predicted molar refractivity (Wildman–Crippen MR) is 52.6 cm³/mol. The monoisotopic (exact) mass is 184 g/mol. The summed E-state index contributed by atoms with van der Waals surface area (Å²) in [6.07, 6.45) is 2.51. The molecular weight excluding hydrogens is 164 g/mol. The van der Waals surface area contributed by atoms with Gasteiger partial charge in [-0.2, -0.15) is 0 Å². The lowest BCUT2D eigenvalue weighted by atomic mass is 9.85. The van der Waals surface area contributed by atoms with Crippen molar-refractivity contribution in [3.05, 3.63) is 0 Å². The summed E-state index contributed by atoms with van der Waals surface area (Å²) in [6, 6.07) is 0.766. The van der Waals surface area contributed by atoms with Crippen LogP contribution in [0.1, 0.15) is 19.8 Å². The van der Waals surface area contributed by atoms with Gasteiger partial charge < -0.3 is 10.5 Å². The fourth-order valence-electron chi connectivity index (χ4n) is 2.25. The van der Waals surface area contributed by atoms with Gasteiger partial charge in [-0.1, -0.05) is 6.92 Å². The van der Waals surface area contributed by atoms with Crippen LogP contribution in [0.5, 0.6) is 0 Å². The molecular formula is C10H20N2O. The van der Waals surface area contributed by atoms with Crippen LogP contribution in [0.25, 0.3) is 0 Å². The van der Waals surface area contributed by atoms with E-state index in [-0.39, 0.29) is 0 Å². The van der Waals surface area contributed by atoms with E-state index in [1.807, 2.05) is 0 Å².